The molecule has 0 atom stereocenters. The Morgan fingerprint density at radius 2 is 1.20 bits per heavy atom. The van der Waals surface area contributed by atoms with Gasteiger partial charge in [-0.3, -0.25) is 0 Å². The smallest absolute Gasteiger partial charge is 0.175 e. The lowest BCUT2D eigenvalue weighted by molar-refractivity contribution is -1.02. The Bertz CT molecular complexity index is 457. The molecule has 2 aromatic heterocycles. The highest BCUT2D eigenvalue weighted by molar-refractivity contribution is 5.03. The lowest BCUT2D eigenvalue weighted by Crippen LogP contribution is -3.27. The van der Waals surface area contributed by atoms with Crippen molar-refractivity contribution in [3.05, 3.63) is 60.2 Å². The molecule has 1 saturated heterocycles. The van der Waals surface area contributed by atoms with Gasteiger partial charge in [0.2, 0.25) is 0 Å². The highest BCUT2D eigenvalue weighted by Crippen LogP contribution is 1.90. The average Bonchev–Trinajstić information content (AvgIpc) is 2.51. The summed E-state index contributed by atoms with van der Waals surface area (Å²) in [4.78, 5) is 9.74. The lowest BCUT2D eigenvalue weighted by Gasteiger charge is -2.29. The van der Waals surface area contributed by atoms with Crippen LogP contribution in [0.3, 0.4) is 0 Å². The van der Waals surface area contributed by atoms with E-state index in [-0.39, 0.29) is 0 Å². The fraction of sp³-hybridized carbons (Fsp3) is 0.375. The molecule has 20 heavy (non-hydrogen) atoms. The van der Waals surface area contributed by atoms with Crippen molar-refractivity contribution in [2.24, 2.45) is 0 Å². The third kappa shape index (κ3) is 3.62. The van der Waals surface area contributed by atoms with Gasteiger partial charge in [0.1, 0.15) is 39.3 Å². The first kappa shape index (κ1) is 13.2. The second-order valence-electron chi connectivity index (χ2n) is 5.68. The maximum absolute atomic E-state index is 3.17. The minimum absolute atomic E-state index is 1.14. The molecule has 0 saturated carbocycles. The average molecular weight is 272 g/mol. The van der Waals surface area contributed by atoms with Crippen molar-refractivity contribution in [3.63, 3.8) is 0 Å². The van der Waals surface area contributed by atoms with E-state index in [1.807, 2.05) is 12.4 Å². The predicted octanol–water partition coefficient (Wildman–Crippen LogP) is -2.20. The molecule has 4 nitrogen and oxygen atoms in total. The Morgan fingerprint density at radius 1 is 0.750 bits per heavy atom. The number of aromatic nitrogens is 2. The number of hydrogen-bond acceptors (Lipinski definition) is 0. The highest BCUT2D eigenvalue weighted by Gasteiger charge is 2.23. The van der Waals surface area contributed by atoms with Gasteiger partial charge in [-0.2, -0.15) is 0 Å². The van der Waals surface area contributed by atoms with Gasteiger partial charge < -0.3 is 9.80 Å². The van der Waals surface area contributed by atoms with E-state index in [1.54, 1.807) is 9.80 Å². The predicted molar refractivity (Wildman–Crippen MR) is 74.8 cm³/mol. The molecule has 4 heteroatoms. The topological polar surface area (TPSA) is 37.2 Å². The third-order valence-electron chi connectivity index (χ3n) is 4.12. The summed E-state index contributed by atoms with van der Waals surface area (Å²) in [7, 11) is 0. The van der Waals surface area contributed by atoms with Gasteiger partial charge >= 0.3 is 0 Å². The van der Waals surface area contributed by atoms with E-state index in [0.717, 1.165) is 13.1 Å². The SMILES string of the molecule is c1c[nH+]cc(C[NH+]2CC[NH+](Cc3ccc[nH+]c3)CC2)c1. The van der Waals surface area contributed by atoms with Gasteiger partial charge in [0.15, 0.2) is 24.8 Å². The summed E-state index contributed by atoms with van der Waals surface area (Å²) in [5.74, 6) is 0. The van der Waals surface area contributed by atoms with Crippen LogP contribution in [0.5, 0.6) is 0 Å². The minimum Gasteiger partial charge on any atom is -0.322 e. The Kier molecular flexibility index (Phi) is 4.35. The first-order valence-corrected chi connectivity index (χ1v) is 7.47. The summed E-state index contributed by atoms with van der Waals surface area (Å²) in [6.07, 6.45) is 8.17. The molecule has 0 radical (unpaired) electrons. The first-order chi connectivity index (χ1) is 9.90. The molecule has 0 aliphatic carbocycles. The summed E-state index contributed by atoms with van der Waals surface area (Å²) >= 11 is 0. The number of piperazine rings is 1. The van der Waals surface area contributed by atoms with E-state index in [0.29, 0.717) is 0 Å². The van der Waals surface area contributed by atoms with Gasteiger partial charge in [-0.25, -0.2) is 9.97 Å². The molecular formula is C16H24N4+4. The number of nitrogens with one attached hydrogen (secondary N) is 4. The van der Waals surface area contributed by atoms with Crippen LogP contribution in [0.1, 0.15) is 11.1 Å². The monoisotopic (exact) mass is 272 g/mol. The van der Waals surface area contributed by atoms with Crippen LogP contribution in [-0.2, 0) is 13.1 Å². The fourth-order valence-corrected chi connectivity index (χ4v) is 2.97. The van der Waals surface area contributed by atoms with Gasteiger partial charge in [-0.05, 0) is 12.1 Å². The maximum atomic E-state index is 3.17. The van der Waals surface area contributed by atoms with E-state index in [9.17, 15) is 0 Å². The van der Waals surface area contributed by atoms with Crippen LogP contribution >= 0.6 is 0 Å². The Morgan fingerprint density at radius 3 is 1.55 bits per heavy atom. The normalized spacial score (nSPS) is 22.6. The van der Waals surface area contributed by atoms with Crippen LogP contribution in [0.25, 0.3) is 0 Å². The molecule has 3 rings (SSSR count). The van der Waals surface area contributed by atoms with Crippen molar-refractivity contribution in [3.8, 4) is 0 Å². The molecule has 1 aliphatic heterocycles. The standard InChI is InChI=1S/C16H20N4/c1-3-15(11-17-5-1)13-19-7-9-20(10-8-19)14-16-4-2-6-18-12-16/h1-6,11-12H,7-10,13-14H2/p+4. The zero-order chi connectivity index (χ0) is 13.6. The van der Waals surface area contributed by atoms with Crippen LogP contribution in [0.15, 0.2) is 49.1 Å². The summed E-state index contributed by atoms with van der Waals surface area (Å²) in [6, 6.07) is 8.59. The van der Waals surface area contributed by atoms with E-state index >= 15 is 0 Å². The Balaban J connectivity index is 1.47. The van der Waals surface area contributed by atoms with Crippen molar-refractivity contribution < 1.29 is 19.8 Å². The van der Waals surface area contributed by atoms with Gasteiger partial charge in [0.25, 0.3) is 0 Å². The highest BCUT2D eigenvalue weighted by atomic mass is 15.3. The van der Waals surface area contributed by atoms with E-state index in [4.69, 9.17) is 0 Å². The van der Waals surface area contributed by atoms with Gasteiger partial charge in [0, 0.05) is 12.1 Å². The molecule has 0 bridgehead atoms. The molecule has 0 spiro atoms. The summed E-state index contributed by atoms with van der Waals surface area (Å²) < 4.78 is 0. The van der Waals surface area contributed by atoms with Crippen molar-refractivity contribution in [2.75, 3.05) is 26.2 Å². The van der Waals surface area contributed by atoms with Crippen molar-refractivity contribution in [2.45, 2.75) is 13.1 Å². The van der Waals surface area contributed by atoms with Crippen LogP contribution in [0.4, 0.5) is 0 Å². The molecule has 1 aliphatic rings. The largest absolute Gasteiger partial charge is 0.322 e. The second-order valence-corrected chi connectivity index (χ2v) is 5.68. The summed E-state index contributed by atoms with van der Waals surface area (Å²) in [5, 5.41) is 0. The van der Waals surface area contributed by atoms with Crippen molar-refractivity contribution in [1.29, 1.82) is 0 Å². The molecule has 3 heterocycles. The maximum Gasteiger partial charge on any atom is 0.175 e. The molecular weight excluding hydrogens is 248 g/mol. The number of aromatic amines is 2. The molecule has 0 unspecified atom stereocenters. The number of H-pyrrole nitrogens is 2. The molecule has 0 amide bonds. The zero-order valence-corrected chi connectivity index (χ0v) is 11.9. The fourth-order valence-electron chi connectivity index (χ4n) is 2.97. The number of rotatable bonds is 4. The van der Waals surface area contributed by atoms with Gasteiger partial charge in [-0.1, -0.05) is 0 Å². The van der Waals surface area contributed by atoms with Crippen molar-refractivity contribution in [1.82, 2.24) is 0 Å². The first-order valence-electron chi connectivity index (χ1n) is 7.47. The summed E-state index contributed by atoms with van der Waals surface area (Å²) in [5.41, 5.74) is 2.81. The molecule has 4 N–H and O–H groups in total. The lowest BCUT2D eigenvalue weighted by atomic mass is 10.2. The van der Waals surface area contributed by atoms with E-state index in [2.05, 4.69) is 46.6 Å². The molecule has 1 fully saturated rings. The summed E-state index contributed by atoms with van der Waals surface area (Å²) in [6.45, 7) is 7.34. The molecule has 2 aromatic rings. The third-order valence-corrected chi connectivity index (χ3v) is 4.12. The Labute approximate surface area is 120 Å². The number of pyridine rings is 2. The van der Waals surface area contributed by atoms with Crippen LogP contribution < -0.4 is 19.8 Å². The quantitative estimate of drug-likeness (QED) is 0.634. The van der Waals surface area contributed by atoms with Gasteiger partial charge in [0.05, 0.1) is 11.1 Å². The van der Waals surface area contributed by atoms with Crippen molar-refractivity contribution >= 4 is 0 Å². The Hall–Kier alpha value is -1.78. The van der Waals surface area contributed by atoms with Gasteiger partial charge in [-0.15, -0.1) is 0 Å². The van der Waals surface area contributed by atoms with Crippen LogP contribution in [0.2, 0.25) is 0 Å². The molecule has 104 valence electrons. The minimum atomic E-state index is 1.14. The number of quaternary nitrogens is 2. The second kappa shape index (κ2) is 6.59. The van der Waals surface area contributed by atoms with E-state index in [1.165, 1.54) is 37.3 Å². The zero-order valence-electron chi connectivity index (χ0n) is 11.9. The van der Waals surface area contributed by atoms with Crippen LogP contribution in [-0.4, -0.2) is 26.2 Å². The van der Waals surface area contributed by atoms with E-state index < -0.39 is 0 Å². The number of hydrogen-bond donors (Lipinski definition) is 2. The van der Waals surface area contributed by atoms with Crippen LogP contribution in [0, 0.1) is 0 Å². The molecule has 0 aromatic carbocycles.